The molecule has 31 heavy (non-hydrogen) atoms. The van der Waals surface area contributed by atoms with E-state index < -0.39 is 0 Å². The van der Waals surface area contributed by atoms with Gasteiger partial charge in [0.1, 0.15) is 17.9 Å². The number of halogens is 2. The fourth-order valence-electron chi connectivity index (χ4n) is 3.48. The van der Waals surface area contributed by atoms with Crippen LogP contribution in [0.15, 0.2) is 59.2 Å². The summed E-state index contributed by atoms with van der Waals surface area (Å²) in [6.45, 7) is 3.05. The van der Waals surface area contributed by atoms with Crippen LogP contribution < -0.4 is 0 Å². The summed E-state index contributed by atoms with van der Waals surface area (Å²) in [6.07, 6.45) is 1.35. The number of aromatic nitrogens is 1. The van der Waals surface area contributed by atoms with Crippen LogP contribution in [0.5, 0.6) is 0 Å². The third kappa shape index (κ3) is 5.53. The number of morpholine rings is 1. The van der Waals surface area contributed by atoms with Gasteiger partial charge in [-0.2, -0.15) is 0 Å². The molecule has 0 N–H and O–H groups in total. The number of carbonyl (C=O) groups excluding carboxylic acids is 1. The van der Waals surface area contributed by atoms with Crippen molar-refractivity contribution in [1.82, 2.24) is 14.8 Å². The molecule has 0 saturated carbocycles. The summed E-state index contributed by atoms with van der Waals surface area (Å²) in [5, 5.41) is 0. The van der Waals surface area contributed by atoms with E-state index in [0.717, 1.165) is 5.56 Å². The Kier molecular flexibility index (Phi) is 6.69. The maximum absolute atomic E-state index is 14.2. The molecule has 2 aromatic carbocycles. The van der Waals surface area contributed by atoms with E-state index in [1.807, 2.05) is 4.90 Å². The summed E-state index contributed by atoms with van der Waals surface area (Å²) in [6, 6.07) is 12.7. The van der Waals surface area contributed by atoms with Crippen molar-refractivity contribution >= 4 is 5.91 Å². The van der Waals surface area contributed by atoms with Crippen LogP contribution in [-0.2, 0) is 24.4 Å². The lowest BCUT2D eigenvalue weighted by Gasteiger charge is -2.25. The molecule has 1 aliphatic heterocycles. The second kappa shape index (κ2) is 9.80. The van der Waals surface area contributed by atoms with E-state index in [1.165, 1.54) is 24.5 Å². The predicted octanol–water partition coefficient (Wildman–Crippen LogP) is 3.63. The highest BCUT2D eigenvalue weighted by Crippen LogP contribution is 2.17. The summed E-state index contributed by atoms with van der Waals surface area (Å²) in [7, 11) is 0. The minimum atomic E-state index is -0.316. The Balaban J connectivity index is 1.50. The smallest absolute Gasteiger partial charge is 0.275 e. The average Bonchev–Trinajstić information content (AvgIpc) is 3.25. The number of oxazole rings is 1. The molecule has 0 radical (unpaired) electrons. The van der Waals surface area contributed by atoms with Gasteiger partial charge < -0.3 is 14.1 Å². The molecule has 162 valence electrons. The summed E-state index contributed by atoms with van der Waals surface area (Å²) >= 11 is 0. The molecule has 0 aliphatic carbocycles. The van der Waals surface area contributed by atoms with Gasteiger partial charge in [0.05, 0.1) is 19.8 Å². The largest absolute Gasteiger partial charge is 0.447 e. The van der Waals surface area contributed by atoms with Gasteiger partial charge in [0.2, 0.25) is 5.89 Å². The Hall–Kier alpha value is -3.10. The minimum Gasteiger partial charge on any atom is -0.447 e. The van der Waals surface area contributed by atoms with E-state index in [-0.39, 0.29) is 29.8 Å². The van der Waals surface area contributed by atoms with Crippen molar-refractivity contribution in [3.05, 3.63) is 89.1 Å². The lowest BCUT2D eigenvalue weighted by Crippen LogP contribution is -2.40. The second-order valence-corrected chi connectivity index (χ2v) is 7.39. The molecule has 4 rings (SSSR count). The Bertz CT molecular complexity index is 1020. The normalized spacial score (nSPS) is 14.2. The number of rotatable bonds is 7. The van der Waals surface area contributed by atoms with E-state index in [0.29, 0.717) is 50.8 Å². The number of nitrogens with zero attached hydrogens (tertiary/aromatic N) is 3. The Morgan fingerprint density at radius 2 is 1.74 bits per heavy atom. The molecular formula is C23H23F2N3O3. The van der Waals surface area contributed by atoms with Gasteiger partial charge in [-0.25, -0.2) is 13.8 Å². The van der Waals surface area contributed by atoms with E-state index in [2.05, 4.69) is 4.98 Å². The van der Waals surface area contributed by atoms with Gasteiger partial charge >= 0.3 is 0 Å². The lowest BCUT2D eigenvalue weighted by molar-refractivity contribution is 0.0299. The molecule has 6 nitrogen and oxygen atoms in total. The number of amides is 1. The molecule has 1 saturated heterocycles. The number of hydrogen-bond donors (Lipinski definition) is 0. The standard InChI is InChI=1S/C23H23F2N3O3/c24-19-7-5-17(6-8-19)13-27(14-18-3-1-2-4-20(18)25)15-22-26-21(16-31-22)23(29)28-9-11-30-12-10-28/h1-8,16H,9-15H2. The van der Waals surface area contributed by atoms with Crippen LogP contribution >= 0.6 is 0 Å². The number of ether oxygens (including phenoxy) is 1. The first-order chi connectivity index (χ1) is 15.1. The van der Waals surface area contributed by atoms with Gasteiger partial charge in [0.15, 0.2) is 5.69 Å². The third-order valence-electron chi connectivity index (χ3n) is 5.10. The zero-order valence-electron chi connectivity index (χ0n) is 17.0. The topological polar surface area (TPSA) is 58.8 Å². The first kappa shape index (κ1) is 21.1. The van der Waals surface area contributed by atoms with Crippen molar-refractivity contribution in [3.63, 3.8) is 0 Å². The molecule has 0 unspecified atom stereocenters. The van der Waals surface area contributed by atoms with Gasteiger partial charge in [-0.1, -0.05) is 30.3 Å². The van der Waals surface area contributed by atoms with Crippen molar-refractivity contribution in [2.24, 2.45) is 0 Å². The molecule has 2 heterocycles. The van der Waals surface area contributed by atoms with E-state index in [4.69, 9.17) is 9.15 Å². The highest BCUT2D eigenvalue weighted by Gasteiger charge is 2.22. The first-order valence-electron chi connectivity index (χ1n) is 10.1. The Morgan fingerprint density at radius 3 is 2.48 bits per heavy atom. The summed E-state index contributed by atoms with van der Waals surface area (Å²) in [5.41, 5.74) is 1.64. The number of benzene rings is 2. The van der Waals surface area contributed by atoms with Crippen LogP contribution in [0, 0.1) is 11.6 Å². The molecule has 1 fully saturated rings. The monoisotopic (exact) mass is 427 g/mol. The predicted molar refractivity (Wildman–Crippen MR) is 109 cm³/mol. The van der Waals surface area contributed by atoms with Crippen molar-refractivity contribution in [3.8, 4) is 0 Å². The molecule has 1 aromatic heterocycles. The second-order valence-electron chi connectivity index (χ2n) is 7.39. The van der Waals surface area contributed by atoms with Gasteiger partial charge in [-0.05, 0) is 23.8 Å². The van der Waals surface area contributed by atoms with E-state index in [9.17, 15) is 13.6 Å². The molecule has 1 aliphatic rings. The summed E-state index contributed by atoms with van der Waals surface area (Å²) in [4.78, 5) is 20.6. The molecule has 0 spiro atoms. The highest BCUT2D eigenvalue weighted by molar-refractivity contribution is 5.92. The zero-order chi connectivity index (χ0) is 21.6. The number of carbonyl (C=O) groups is 1. The average molecular weight is 427 g/mol. The quantitative estimate of drug-likeness (QED) is 0.576. The molecule has 3 aromatic rings. The zero-order valence-corrected chi connectivity index (χ0v) is 17.0. The van der Waals surface area contributed by atoms with Crippen LogP contribution in [0.2, 0.25) is 0 Å². The SMILES string of the molecule is O=C(c1coc(CN(Cc2ccc(F)cc2)Cc2ccccc2F)n1)N1CCOCC1. The first-order valence-corrected chi connectivity index (χ1v) is 10.1. The van der Waals surface area contributed by atoms with Gasteiger partial charge in [-0.3, -0.25) is 9.69 Å². The lowest BCUT2D eigenvalue weighted by atomic mass is 10.1. The fourth-order valence-corrected chi connectivity index (χ4v) is 3.48. The van der Waals surface area contributed by atoms with Crippen LogP contribution in [0.3, 0.4) is 0 Å². The maximum Gasteiger partial charge on any atom is 0.275 e. The minimum absolute atomic E-state index is 0.197. The molecular weight excluding hydrogens is 404 g/mol. The Labute approximate surface area is 179 Å². The van der Waals surface area contributed by atoms with Crippen LogP contribution in [0.1, 0.15) is 27.5 Å². The maximum atomic E-state index is 14.2. The van der Waals surface area contributed by atoms with Crippen LogP contribution in [0.25, 0.3) is 0 Å². The third-order valence-corrected chi connectivity index (χ3v) is 5.10. The van der Waals surface area contributed by atoms with Crippen molar-refractivity contribution < 1.29 is 22.7 Å². The van der Waals surface area contributed by atoms with E-state index >= 15 is 0 Å². The molecule has 0 bridgehead atoms. The summed E-state index contributed by atoms with van der Waals surface area (Å²) in [5.74, 6) is -0.460. The molecule has 0 atom stereocenters. The van der Waals surface area contributed by atoms with Gasteiger partial charge in [0, 0.05) is 31.7 Å². The summed E-state index contributed by atoms with van der Waals surface area (Å²) < 4.78 is 38.3. The van der Waals surface area contributed by atoms with Crippen molar-refractivity contribution in [2.75, 3.05) is 26.3 Å². The van der Waals surface area contributed by atoms with E-state index in [1.54, 1.807) is 35.2 Å². The number of hydrogen-bond acceptors (Lipinski definition) is 5. The van der Waals surface area contributed by atoms with Gasteiger partial charge in [-0.15, -0.1) is 0 Å². The van der Waals surface area contributed by atoms with Crippen LogP contribution in [-0.4, -0.2) is 47.0 Å². The van der Waals surface area contributed by atoms with Crippen molar-refractivity contribution in [2.45, 2.75) is 19.6 Å². The highest BCUT2D eigenvalue weighted by atomic mass is 19.1. The van der Waals surface area contributed by atoms with Crippen LogP contribution in [0.4, 0.5) is 8.78 Å². The van der Waals surface area contributed by atoms with Gasteiger partial charge in [0.25, 0.3) is 5.91 Å². The molecule has 8 heteroatoms. The van der Waals surface area contributed by atoms with Crippen molar-refractivity contribution in [1.29, 1.82) is 0 Å². The fraction of sp³-hybridized carbons (Fsp3) is 0.304. The Morgan fingerprint density at radius 1 is 1.00 bits per heavy atom. The molecule has 1 amide bonds.